The summed E-state index contributed by atoms with van der Waals surface area (Å²) < 4.78 is 31.7. The number of alkyl halides is 1. The Morgan fingerprint density at radius 2 is 2.27 bits per heavy atom. The topological polar surface area (TPSA) is 137 Å². The fraction of sp³-hybridized carbons (Fsp3) is 0.500. The maximum Gasteiger partial charge on any atom is 0.351 e. The molecule has 0 radical (unpaired) electrons. The van der Waals surface area contributed by atoms with Crippen molar-refractivity contribution >= 4 is 5.82 Å². The molecule has 1 aromatic rings. The zero-order chi connectivity index (χ0) is 16.5. The van der Waals surface area contributed by atoms with E-state index in [0.717, 1.165) is 0 Å². The van der Waals surface area contributed by atoms with Crippen LogP contribution in [0.5, 0.6) is 0 Å². The van der Waals surface area contributed by atoms with Crippen LogP contribution in [0.15, 0.2) is 11.0 Å². The van der Waals surface area contributed by atoms with Crippen molar-refractivity contribution in [2.75, 3.05) is 19.0 Å². The Hall–Kier alpha value is -2.06. The molecular formula is C12H14F2N4O4. The lowest BCUT2D eigenvalue weighted by molar-refractivity contribution is -0.0479. The lowest BCUT2D eigenvalue weighted by atomic mass is 9.91. The molecule has 6 N–H and O–H groups in total. The summed E-state index contributed by atoms with van der Waals surface area (Å²) >= 11 is 0. The molecule has 4 atom stereocenters. The normalized spacial score (nSPS) is 30.9. The Morgan fingerprint density at radius 1 is 1.59 bits per heavy atom. The summed E-state index contributed by atoms with van der Waals surface area (Å²) in [7, 11) is 0. The number of ether oxygens (including phenoxy) is 1. The first-order valence-corrected chi connectivity index (χ1v) is 6.18. The number of nitrogen functional groups attached to an aromatic ring is 1. The van der Waals surface area contributed by atoms with Crippen molar-refractivity contribution in [1.29, 1.82) is 0 Å². The summed E-state index contributed by atoms with van der Waals surface area (Å²) in [5.74, 6) is 2.67. The molecule has 1 unspecified atom stereocenters. The lowest BCUT2D eigenvalue weighted by Gasteiger charge is -2.27. The maximum atomic E-state index is 13.5. The van der Waals surface area contributed by atoms with E-state index in [1.54, 1.807) is 0 Å². The summed E-state index contributed by atoms with van der Waals surface area (Å²) in [6.45, 7) is -1.68. The average Bonchev–Trinajstić information content (AvgIpc) is 2.73. The molecule has 0 aliphatic carbocycles. The van der Waals surface area contributed by atoms with E-state index in [1.165, 1.54) is 0 Å². The fourth-order valence-electron chi connectivity index (χ4n) is 2.19. The number of halogens is 2. The minimum Gasteiger partial charge on any atom is -0.394 e. The van der Waals surface area contributed by atoms with Crippen LogP contribution in [0.4, 0.5) is 14.6 Å². The fourth-order valence-corrected chi connectivity index (χ4v) is 2.19. The first-order valence-electron chi connectivity index (χ1n) is 6.18. The molecule has 0 spiro atoms. The molecule has 1 aromatic heterocycles. The van der Waals surface area contributed by atoms with E-state index in [2.05, 4.69) is 10.9 Å². The molecule has 0 bridgehead atoms. The number of hydrogen-bond acceptors (Lipinski definition) is 7. The van der Waals surface area contributed by atoms with E-state index in [4.69, 9.17) is 21.3 Å². The summed E-state index contributed by atoms with van der Waals surface area (Å²) in [6, 6.07) is 0. The molecular weight excluding hydrogens is 302 g/mol. The summed E-state index contributed by atoms with van der Waals surface area (Å²) in [5, 5.41) is 19.3. The molecule has 0 aromatic carbocycles. The van der Waals surface area contributed by atoms with Gasteiger partial charge in [-0.05, 0) is 0 Å². The van der Waals surface area contributed by atoms with E-state index in [1.807, 2.05) is 5.92 Å². The summed E-state index contributed by atoms with van der Waals surface area (Å²) in [6.07, 6.45) is -3.50. The zero-order valence-corrected chi connectivity index (χ0v) is 11.2. The van der Waals surface area contributed by atoms with Crippen LogP contribution in [0, 0.1) is 17.7 Å². The molecule has 1 saturated heterocycles. The van der Waals surface area contributed by atoms with Gasteiger partial charge in [0.25, 0.3) is 0 Å². The maximum absolute atomic E-state index is 13.5. The predicted molar refractivity (Wildman–Crippen MR) is 70.5 cm³/mol. The van der Waals surface area contributed by atoms with E-state index in [9.17, 15) is 18.7 Å². The van der Waals surface area contributed by atoms with Gasteiger partial charge in [0.05, 0.1) is 12.8 Å². The summed E-state index contributed by atoms with van der Waals surface area (Å²) in [4.78, 5) is 15.1. The third-order valence-electron chi connectivity index (χ3n) is 3.29. The molecule has 1 aliphatic heterocycles. The number of rotatable bonds is 2. The number of anilines is 1. The largest absolute Gasteiger partial charge is 0.394 e. The minimum absolute atomic E-state index is 0.615. The van der Waals surface area contributed by atoms with E-state index < -0.39 is 54.6 Å². The van der Waals surface area contributed by atoms with Crippen LogP contribution < -0.4 is 17.2 Å². The number of hydrogen-bond donors (Lipinski definition) is 4. The average molecular weight is 316 g/mol. The molecule has 22 heavy (non-hydrogen) atoms. The predicted octanol–water partition coefficient (Wildman–Crippen LogP) is -2.11. The monoisotopic (exact) mass is 316 g/mol. The van der Waals surface area contributed by atoms with Crippen LogP contribution in [-0.4, -0.2) is 50.8 Å². The second-order valence-electron chi connectivity index (χ2n) is 4.69. The Labute approximate surface area is 123 Å². The van der Waals surface area contributed by atoms with Crippen LogP contribution in [0.1, 0.15) is 6.23 Å². The third-order valence-corrected chi connectivity index (χ3v) is 3.29. The van der Waals surface area contributed by atoms with Crippen molar-refractivity contribution in [3.63, 3.8) is 0 Å². The van der Waals surface area contributed by atoms with Gasteiger partial charge in [-0.15, -0.1) is 0 Å². The number of nitrogens with two attached hydrogens (primary N) is 2. The van der Waals surface area contributed by atoms with E-state index in [-0.39, 0.29) is 0 Å². The van der Waals surface area contributed by atoms with Crippen LogP contribution in [0.2, 0.25) is 0 Å². The molecule has 8 nitrogen and oxygen atoms in total. The third kappa shape index (κ3) is 2.55. The highest BCUT2D eigenvalue weighted by atomic mass is 19.1. The number of aliphatic hydroxyl groups is 2. The van der Waals surface area contributed by atoms with Gasteiger partial charge in [-0.3, -0.25) is 4.57 Å². The van der Waals surface area contributed by atoms with Gasteiger partial charge in [-0.1, -0.05) is 11.8 Å². The smallest absolute Gasteiger partial charge is 0.351 e. The van der Waals surface area contributed by atoms with Crippen molar-refractivity contribution in [2.45, 2.75) is 24.0 Å². The SMILES string of the molecule is Nc1nc(=O)n([C@@H]2O[C@H](CO)C(O)[C@]2(N)C#CCF)cc1F. The zero-order valence-electron chi connectivity index (χ0n) is 11.2. The molecule has 120 valence electrons. The van der Waals surface area contributed by atoms with Gasteiger partial charge in [0, 0.05) is 0 Å². The van der Waals surface area contributed by atoms with Gasteiger partial charge in [-0.25, -0.2) is 13.6 Å². The standard InChI is InChI=1S/C12H14F2N4O4/c13-3-1-2-12(16)8(20)7(5-19)22-10(12)18-4-6(14)9(15)17-11(18)21/h4,7-8,10,19-20H,3,5,16H2,(H2,15,17,21)/t7-,8?,10-,12-/m1/s1. The number of aliphatic hydroxyl groups excluding tert-OH is 2. The Morgan fingerprint density at radius 3 is 2.86 bits per heavy atom. The molecule has 1 fully saturated rings. The van der Waals surface area contributed by atoms with Gasteiger partial charge in [-0.2, -0.15) is 4.98 Å². The van der Waals surface area contributed by atoms with Gasteiger partial charge in [0.2, 0.25) is 0 Å². The molecule has 2 heterocycles. The second-order valence-corrected chi connectivity index (χ2v) is 4.69. The van der Waals surface area contributed by atoms with Crippen molar-refractivity contribution in [2.24, 2.45) is 5.73 Å². The Bertz CT molecular complexity index is 686. The van der Waals surface area contributed by atoms with Crippen LogP contribution in [-0.2, 0) is 4.74 Å². The molecule has 10 heteroatoms. The highest BCUT2D eigenvalue weighted by molar-refractivity contribution is 5.29. The van der Waals surface area contributed by atoms with Crippen molar-refractivity contribution in [3.8, 4) is 11.8 Å². The highest BCUT2D eigenvalue weighted by Crippen LogP contribution is 2.35. The van der Waals surface area contributed by atoms with Crippen molar-refractivity contribution < 1.29 is 23.7 Å². The van der Waals surface area contributed by atoms with Crippen molar-refractivity contribution in [1.82, 2.24) is 9.55 Å². The van der Waals surface area contributed by atoms with Gasteiger partial charge < -0.3 is 26.4 Å². The lowest BCUT2D eigenvalue weighted by Crippen LogP contribution is -2.55. The summed E-state index contributed by atoms with van der Waals surface area (Å²) in [5.41, 5.74) is 8.17. The molecule has 1 aliphatic rings. The molecule has 0 amide bonds. The van der Waals surface area contributed by atoms with Crippen LogP contribution in [0.3, 0.4) is 0 Å². The quantitative estimate of drug-likeness (QED) is 0.458. The van der Waals surface area contributed by atoms with Gasteiger partial charge in [0.15, 0.2) is 23.4 Å². The van der Waals surface area contributed by atoms with Gasteiger partial charge >= 0.3 is 5.69 Å². The van der Waals surface area contributed by atoms with Crippen LogP contribution in [0.25, 0.3) is 0 Å². The Balaban J connectivity index is 2.56. The first-order chi connectivity index (χ1) is 10.3. The number of aromatic nitrogens is 2. The Kier molecular flexibility index (Phi) is 4.43. The molecule has 0 saturated carbocycles. The van der Waals surface area contributed by atoms with Crippen molar-refractivity contribution in [3.05, 3.63) is 22.5 Å². The van der Waals surface area contributed by atoms with E-state index >= 15 is 0 Å². The van der Waals surface area contributed by atoms with Crippen LogP contribution >= 0.6 is 0 Å². The van der Waals surface area contributed by atoms with Gasteiger partial charge in [0.1, 0.15) is 18.9 Å². The minimum atomic E-state index is -1.94. The first kappa shape index (κ1) is 16.3. The van der Waals surface area contributed by atoms with E-state index in [0.29, 0.717) is 10.8 Å². The highest BCUT2D eigenvalue weighted by Gasteiger charge is 2.54. The second kappa shape index (κ2) is 5.98. The molecule has 2 rings (SSSR count). The number of nitrogens with zero attached hydrogens (tertiary/aromatic N) is 2.